The molecule has 1 aromatic heterocycles. The van der Waals surface area contributed by atoms with Crippen LogP contribution in [-0.2, 0) is 15.6 Å². The van der Waals surface area contributed by atoms with E-state index in [1.54, 1.807) is 56.4 Å². The molecule has 0 spiro atoms. The van der Waals surface area contributed by atoms with Crippen LogP contribution in [0.2, 0.25) is 0 Å². The van der Waals surface area contributed by atoms with E-state index in [1.807, 2.05) is 6.07 Å². The molecule has 0 saturated heterocycles. The Labute approximate surface area is 149 Å². The van der Waals surface area contributed by atoms with Gasteiger partial charge in [-0.05, 0) is 75.9 Å². The summed E-state index contributed by atoms with van der Waals surface area (Å²) in [5.74, 6) is 0.717. The van der Waals surface area contributed by atoms with Crippen molar-refractivity contribution in [1.82, 2.24) is 9.71 Å². The maximum Gasteiger partial charge on any atom is 0.241 e. The van der Waals surface area contributed by atoms with Gasteiger partial charge in [0.25, 0.3) is 0 Å². The second-order valence-electron chi connectivity index (χ2n) is 6.94. The van der Waals surface area contributed by atoms with Crippen LogP contribution in [0.4, 0.5) is 0 Å². The molecule has 0 unspecified atom stereocenters. The van der Waals surface area contributed by atoms with Crippen molar-refractivity contribution in [3.8, 4) is 5.75 Å². The zero-order chi connectivity index (χ0) is 17.9. The lowest BCUT2D eigenvalue weighted by molar-refractivity contribution is 0.210. The number of aromatic nitrogens is 1. The summed E-state index contributed by atoms with van der Waals surface area (Å²) in [5, 5.41) is 0. The highest BCUT2D eigenvalue weighted by Crippen LogP contribution is 2.26. The molecule has 6 heteroatoms. The van der Waals surface area contributed by atoms with Crippen molar-refractivity contribution in [3.05, 3.63) is 54.4 Å². The number of nitrogens with one attached hydrogen (secondary N) is 1. The minimum absolute atomic E-state index is 0.218. The van der Waals surface area contributed by atoms with Crippen LogP contribution in [0.15, 0.2) is 53.6 Å². The molecule has 0 amide bonds. The van der Waals surface area contributed by atoms with Crippen LogP contribution in [0.1, 0.15) is 45.2 Å². The van der Waals surface area contributed by atoms with Gasteiger partial charge in [0.05, 0.1) is 22.2 Å². The number of nitrogens with zero attached hydrogens (tertiary/aromatic N) is 1. The van der Waals surface area contributed by atoms with Gasteiger partial charge in [-0.2, -0.15) is 4.72 Å². The topological polar surface area (TPSA) is 68.3 Å². The third kappa shape index (κ3) is 4.38. The number of sulfonamides is 1. The Bertz CT molecular complexity index is 796. The highest BCUT2D eigenvalue weighted by Gasteiger charge is 2.29. The van der Waals surface area contributed by atoms with E-state index in [0.29, 0.717) is 5.69 Å². The summed E-state index contributed by atoms with van der Waals surface area (Å²) in [4.78, 5) is 4.47. The lowest BCUT2D eigenvalue weighted by atomic mass is 10.0. The molecule has 1 N–H and O–H groups in total. The molecule has 0 bridgehead atoms. The van der Waals surface area contributed by atoms with Gasteiger partial charge in [0.15, 0.2) is 0 Å². The molecule has 5 nitrogen and oxygen atoms in total. The van der Waals surface area contributed by atoms with Crippen molar-refractivity contribution >= 4 is 10.0 Å². The van der Waals surface area contributed by atoms with Crippen molar-refractivity contribution in [2.75, 3.05) is 0 Å². The van der Waals surface area contributed by atoms with Crippen LogP contribution >= 0.6 is 0 Å². The van der Waals surface area contributed by atoms with Gasteiger partial charge < -0.3 is 4.74 Å². The van der Waals surface area contributed by atoms with E-state index in [2.05, 4.69) is 9.71 Å². The summed E-state index contributed by atoms with van der Waals surface area (Å²) < 4.78 is 34.0. The SMILES string of the molecule is CC(C)(NS(=O)(=O)c1ccc(OC2CCCC2)cc1)c1ccccn1. The zero-order valence-electron chi connectivity index (χ0n) is 14.6. The van der Waals surface area contributed by atoms with E-state index in [1.165, 1.54) is 12.8 Å². The van der Waals surface area contributed by atoms with Gasteiger partial charge in [-0.1, -0.05) is 6.07 Å². The van der Waals surface area contributed by atoms with E-state index in [9.17, 15) is 8.42 Å². The lowest BCUT2D eigenvalue weighted by Gasteiger charge is -2.25. The van der Waals surface area contributed by atoms with Crippen molar-refractivity contribution in [2.45, 2.75) is 56.1 Å². The molecule has 1 heterocycles. The molecule has 1 aliphatic carbocycles. The predicted molar refractivity (Wildman–Crippen MR) is 96.9 cm³/mol. The highest BCUT2D eigenvalue weighted by molar-refractivity contribution is 7.89. The third-order valence-corrected chi connectivity index (χ3v) is 6.11. The third-order valence-electron chi connectivity index (χ3n) is 4.43. The largest absolute Gasteiger partial charge is 0.490 e. The lowest BCUT2D eigenvalue weighted by Crippen LogP contribution is -2.41. The fourth-order valence-electron chi connectivity index (χ4n) is 3.08. The molecular weight excluding hydrogens is 336 g/mol. The smallest absolute Gasteiger partial charge is 0.241 e. The Kier molecular flexibility index (Phi) is 5.11. The average Bonchev–Trinajstić information content (AvgIpc) is 3.08. The van der Waals surface area contributed by atoms with E-state index in [0.717, 1.165) is 18.6 Å². The number of rotatable bonds is 6. The van der Waals surface area contributed by atoms with Gasteiger partial charge in [-0.3, -0.25) is 4.98 Å². The summed E-state index contributed by atoms with van der Waals surface area (Å²) in [7, 11) is -3.66. The molecule has 3 rings (SSSR count). The normalized spacial score (nSPS) is 16.1. The molecule has 0 aliphatic heterocycles. The van der Waals surface area contributed by atoms with Gasteiger partial charge in [-0.15, -0.1) is 0 Å². The predicted octanol–water partition coefficient (Wildman–Crippen LogP) is 3.62. The molecule has 1 aromatic carbocycles. The molecule has 0 atom stereocenters. The molecule has 1 saturated carbocycles. The second kappa shape index (κ2) is 7.14. The van der Waals surface area contributed by atoms with Gasteiger partial charge in [0.1, 0.15) is 5.75 Å². The van der Waals surface area contributed by atoms with E-state index in [-0.39, 0.29) is 11.0 Å². The quantitative estimate of drug-likeness (QED) is 0.854. The minimum atomic E-state index is -3.66. The Hall–Kier alpha value is -1.92. The maximum absolute atomic E-state index is 12.7. The van der Waals surface area contributed by atoms with E-state index >= 15 is 0 Å². The minimum Gasteiger partial charge on any atom is -0.490 e. The Morgan fingerprint density at radius 3 is 2.36 bits per heavy atom. The maximum atomic E-state index is 12.7. The zero-order valence-corrected chi connectivity index (χ0v) is 15.4. The highest BCUT2D eigenvalue weighted by atomic mass is 32.2. The van der Waals surface area contributed by atoms with Crippen molar-refractivity contribution < 1.29 is 13.2 Å². The summed E-state index contributed by atoms with van der Waals surface area (Å²) in [6, 6.07) is 12.1. The van der Waals surface area contributed by atoms with Crippen LogP contribution in [0.25, 0.3) is 0 Å². The summed E-state index contributed by atoms with van der Waals surface area (Å²) >= 11 is 0. The van der Waals surface area contributed by atoms with E-state index < -0.39 is 15.6 Å². The van der Waals surface area contributed by atoms with Gasteiger partial charge in [0.2, 0.25) is 10.0 Å². The summed E-state index contributed by atoms with van der Waals surface area (Å²) in [6.45, 7) is 3.59. The fourth-order valence-corrected chi connectivity index (χ4v) is 4.46. The number of hydrogen-bond acceptors (Lipinski definition) is 4. The van der Waals surface area contributed by atoms with Crippen LogP contribution < -0.4 is 9.46 Å². The van der Waals surface area contributed by atoms with Crippen LogP contribution in [0.3, 0.4) is 0 Å². The van der Waals surface area contributed by atoms with Gasteiger partial charge in [-0.25, -0.2) is 8.42 Å². The summed E-state index contributed by atoms with van der Waals surface area (Å²) in [5.41, 5.74) is -0.140. The first-order valence-corrected chi connectivity index (χ1v) is 10.1. The number of hydrogen-bond donors (Lipinski definition) is 1. The average molecular weight is 360 g/mol. The Morgan fingerprint density at radius 2 is 1.76 bits per heavy atom. The molecule has 1 fully saturated rings. The van der Waals surface area contributed by atoms with Crippen LogP contribution in [0, 0.1) is 0 Å². The number of pyridine rings is 1. The first kappa shape index (κ1) is 17.9. The van der Waals surface area contributed by atoms with E-state index in [4.69, 9.17) is 4.74 Å². The fraction of sp³-hybridized carbons (Fsp3) is 0.421. The number of benzene rings is 1. The molecule has 25 heavy (non-hydrogen) atoms. The standard InChI is InChI=1S/C19H24N2O3S/c1-19(2,18-9-5-6-14-20-18)21-25(22,23)17-12-10-16(11-13-17)24-15-7-3-4-8-15/h5-6,9-15,21H,3-4,7-8H2,1-2H3. The molecule has 2 aromatic rings. The Balaban J connectivity index is 1.73. The number of ether oxygens (including phenoxy) is 1. The Morgan fingerprint density at radius 1 is 1.08 bits per heavy atom. The molecule has 0 radical (unpaired) electrons. The van der Waals surface area contributed by atoms with Crippen molar-refractivity contribution in [1.29, 1.82) is 0 Å². The monoisotopic (exact) mass is 360 g/mol. The van der Waals surface area contributed by atoms with Gasteiger partial charge in [0, 0.05) is 6.20 Å². The molecular formula is C19H24N2O3S. The van der Waals surface area contributed by atoms with Gasteiger partial charge >= 0.3 is 0 Å². The summed E-state index contributed by atoms with van der Waals surface area (Å²) in [6.07, 6.45) is 6.44. The van der Waals surface area contributed by atoms with Crippen molar-refractivity contribution in [2.24, 2.45) is 0 Å². The first-order chi connectivity index (χ1) is 11.9. The molecule has 134 valence electrons. The van der Waals surface area contributed by atoms with Crippen molar-refractivity contribution in [3.63, 3.8) is 0 Å². The first-order valence-electron chi connectivity index (χ1n) is 8.59. The molecule has 1 aliphatic rings. The second-order valence-corrected chi connectivity index (χ2v) is 8.62. The van der Waals surface area contributed by atoms with Crippen LogP contribution in [0.5, 0.6) is 5.75 Å². The van der Waals surface area contributed by atoms with Crippen LogP contribution in [-0.4, -0.2) is 19.5 Å².